The molecule has 9 heteroatoms. The summed E-state index contributed by atoms with van der Waals surface area (Å²) in [6.07, 6.45) is 1.02. The maximum atomic E-state index is 13.1. The number of amides is 1. The minimum absolute atomic E-state index is 0.0709. The Labute approximate surface area is 227 Å². The van der Waals surface area contributed by atoms with Gasteiger partial charge in [0.2, 0.25) is 0 Å². The predicted octanol–water partition coefficient (Wildman–Crippen LogP) is 4.18. The summed E-state index contributed by atoms with van der Waals surface area (Å²) in [5, 5.41) is 6.52. The quantitative estimate of drug-likeness (QED) is 0.391. The molecule has 1 amide bonds. The third kappa shape index (κ3) is 4.27. The summed E-state index contributed by atoms with van der Waals surface area (Å²) in [6.45, 7) is 4.72. The zero-order valence-electron chi connectivity index (χ0n) is 22.3. The molecule has 2 aromatic carbocycles. The van der Waals surface area contributed by atoms with Crippen molar-refractivity contribution in [1.29, 1.82) is 0 Å². The lowest BCUT2D eigenvalue weighted by Gasteiger charge is -2.19. The number of aromatic nitrogens is 3. The van der Waals surface area contributed by atoms with Crippen LogP contribution in [0.5, 0.6) is 0 Å². The fraction of sp³-hybridized carbons (Fsp3) is 0.367. The molecule has 1 fully saturated rings. The molecule has 1 unspecified atom stereocenters. The summed E-state index contributed by atoms with van der Waals surface area (Å²) in [5.41, 5.74) is 8.90. The summed E-state index contributed by atoms with van der Waals surface area (Å²) in [6, 6.07) is 14.5. The van der Waals surface area contributed by atoms with Crippen LogP contribution < -0.4 is 10.6 Å². The van der Waals surface area contributed by atoms with E-state index in [1.807, 2.05) is 24.3 Å². The van der Waals surface area contributed by atoms with Crippen molar-refractivity contribution in [1.82, 2.24) is 24.8 Å². The Morgan fingerprint density at radius 3 is 2.85 bits per heavy atom. The number of carbonyl (C=O) groups is 1. The van der Waals surface area contributed by atoms with Crippen LogP contribution in [0.4, 0.5) is 11.5 Å². The minimum atomic E-state index is -0.0709. The van der Waals surface area contributed by atoms with Crippen LogP contribution in [-0.2, 0) is 35.7 Å². The Hall–Kier alpha value is -3.79. The molecule has 5 heterocycles. The molecular formula is C30H32N6O3. The maximum absolute atomic E-state index is 13.1. The number of hydrogen-bond donors (Lipinski definition) is 2. The molecule has 200 valence electrons. The molecular weight excluding hydrogens is 492 g/mol. The van der Waals surface area contributed by atoms with Crippen LogP contribution in [0.25, 0.3) is 22.2 Å². The van der Waals surface area contributed by atoms with Crippen LogP contribution in [0.1, 0.15) is 45.3 Å². The van der Waals surface area contributed by atoms with Gasteiger partial charge in [-0.3, -0.25) is 4.79 Å². The molecule has 1 saturated heterocycles. The number of pyridine rings is 1. The van der Waals surface area contributed by atoms with E-state index in [0.717, 1.165) is 83.5 Å². The van der Waals surface area contributed by atoms with Gasteiger partial charge in [0.05, 0.1) is 41.2 Å². The number of ether oxygens (including phenoxy) is 2. The van der Waals surface area contributed by atoms with Crippen molar-refractivity contribution >= 4 is 28.4 Å². The average Bonchev–Trinajstić information content (AvgIpc) is 3.68. The lowest BCUT2D eigenvalue weighted by molar-refractivity contribution is 0.0831. The van der Waals surface area contributed by atoms with Gasteiger partial charge in [-0.2, -0.15) is 0 Å². The molecule has 39 heavy (non-hydrogen) atoms. The van der Waals surface area contributed by atoms with Crippen molar-refractivity contribution in [3.63, 3.8) is 0 Å². The van der Waals surface area contributed by atoms with E-state index in [4.69, 9.17) is 19.4 Å². The van der Waals surface area contributed by atoms with E-state index in [2.05, 4.69) is 52.4 Å². The van der Waals surface area contributed by atoms with Crippen LogP contribution in [-0.4, -0.2) is 59.3 Å². The lowest BCUT2D eigenvalue weighted by Crippen LogP contribution is -2.17. The topological polar surface area (TPSA) is 93.5 Å². The van der Waals surface area contributed by atoms with Crippen molar-refractivity contribution in [2.75, 3.05) is 39.2 Å². The Bertz CT molecular complexity index is 1590. The second-order valence-electron chi connectivity index (χ2n) is 10.8. The second-order valence-corrected chi connectivity index (χ2v) is 10.8. The van der Waals surface area contributed by atoms with Crippen molar-refractivity contribution in [3.8, 4) is 11.1 Å². The van der Waals surface area contributed by atoms with Crippen LogP contribution in [0.15, 0.2) is 42.5 Å². The summed E-state index contributed by atoms with van der Waals surface area (Å²) in [7, 11) is 4.11. The van der Waals surface area contributed by atoms with Crippen molar-refractivity contribution in [3.05, 3.63) is 70.7 Å². The highest BCUT2D eigenvalue weighted by molar-refractivity contribution is 6.07. The monoisotopic (exact) mass is 524 g/mol. The Balaban J connectivity index is 1.29. The highest BCUT2D eigenvalue weighted by Gasteiger charge is 2.28. The molecule has 2 aromatic heterocycles. The molecule has 1 atom stereocenters. The third-order valence-corrected chi connectivity index (χ3v) is 7.90. The highest BCUT2D eigenvalue weighted by atomic mass is 16.5. The number of nitrogens with zero attached hydrogens (tertiary/aromatic N) is 4. The van der Waals surface area contributed by atoms with Gasteiger partial charge in [0.25, 0.3) is 5.91 Å². The van der Waals surface area contributed by atoms with Gasteiger partial charge in [0.1, 0.15) is 18.2 Å². The Kier molecular flexibility index (Phi) is 6.07. The normalized spacial score (nSPS) is 18.4. The molecule has 0 saturated carbocycles. The van der Waals surface area contributed by atoms with Crippen LogP contribution in [0, 0.1) is 0 Å². The first-order valence-corrected chi connectivity index (χ1v) is 13.6. The first-order valence-electron chi connectivity index (χ1n) is 13.6. The van der Waals surface area contributed by atoms with Gasteiger partial charge in [-0.05, 0) is 55.4 Å². The number of para-hydroxylation sites is 1. The van der Waals surface area contributed by atoms with Crippen LogP contribution >= 0.6 is 0 Å². The number of hydrogen-bond acceptors (Lipinski definition) is 7. The number of benzene rings is 2. The summed E-state index contributed by atoms with van der Waals surface area (Å²) < 4.78 is 13.5. The van der Waals surface area contributed by atoms with Gasteiger partial charge < -0.3 is 29.6 Å². The summed E-state index contributed by atoms with van der Waals surface area (Å²) >= 11 is 0. The maximum Gasteiger partial charge on any atom is 0.254 e. The van der Waals surface area contributed by atoms with E-state index in [1.165, 1.54) is 5.56 Å². The van der Waals surface area contributed by atoms with Crippen LogP contribution in [0.2, 0.25) is 0 Å². The molecule has 0 radical (unpaired) electrons. The number of anilines is 2. The first kappa shape index (κ1) is 24.3. The molecule has 0 aliphatic carbocycles. The van der Waals surface area contributed by atoms with E-state index < -0.39 is 0 Å². The Morgan fingerprint density at radius 1 is 1.08 bits per heavy atom. The first-order chi connectivity index (χ1) is 19.1. The fourth-order valence-electron chi connectivity index (χ4n) is 6.12. The number of nitrogens with one attached hydrogen (secondary N) is 2. The standard InChI is InChI=1S/C30H32N6O3/c1-35(2)15-25-19(18-10-12-38-16-18)7-9-26(33-25)32-23-8-6-20(22-14-31-30(37)28(22)23)21-4-3-5-24-29(21)36-11-13-39-17-27(36)34-24/h3-9,18H,10-17H2,1-2H3,(H,31,37)(H,32,33). The zero-order chi connectivity index (χ0) is 26.5. The fourth-order valence-corrected chi connectivity index (χ4v) is 6.12. The number of rotatable bonds is 6. The minimum Gasteiger partial charge on any atom is -0.381 e. The SMILES string of the molecule is CN(C)Cc1nc(Nc2ccc(-c3cccc4nc5n(c34)CCOC5)c3c2C(=O)NC3)ccc1C1CCOC1. The lowest BCUT2D eigenvalue weighted by atomic mass is 9.94. The molecule has 0 bridgehead atoms. The molecule has 3 aliphatic rings. The average molecular weight is 525 g/mol. The van der Waals surface area contributed by atoms with Gasteiger partial charge in [0, 0.05) is 37.7 Å². The van der Waals surface area contributed by atoms with E-state index >= 15 is 0 Å². The van der Waals surface area contributed by atoms with Crippen molar-refractivity contribution in [2.45, 2.75) is 38.6 Å². The predicted molar refractivity (Wildman–Crippen MR) is 149 cm³/mol. The van der Waals surface area contributed by atoms with Gasteiger partial charge in [-0.15, -0.1) is 0 Å². The van der Waals surface area contributed by atoms with Crippen molar-refractivity contribution < 1.29 is 14.3 Å². The number of imidazole rings is 1. The zero-order valence-corrected chi connectivity index (χ0v) is 22.3. The molecule has 2 N–H and O–H groups in total. The van der Waals surface area contributed by atoms with Gasteiger partial charge in [0.15, 0.2) is 0 Å². The molecule has 0 spiro atoms. The van der Waals surface area contributed by atoms with Gasteiger partial charge in [-0.25, -0.2) is 9.97 Å². The molecule has 9 nitrogen and oxygen atoms in total. The number of fused-ring (bicyclic) bond motifs is 4. The number of carbonyl (C=O) groups excluding carboxylic acids is 1. The molecule has 4 aromatic rings. The largest absolute Gasteiger partial charge is 0.381 e. The van der Waals surface area contributed by atoms with E-state index in [9.17, 15) is 4.79 Å². The van der Waals surface area contributed by atoms with Crippen molar-refractivity contribution in [2.24, 2.45) is 0 Å². The third-order valence-electron chi connectivity index (χ3n) is 7.90. The second kappa shape index (κ2) is 9.75. The van der Waals surface area contributed by atoms with E-state index in [1.54, 1.807) is 0 Å². The highest BCUT2D eigenvalue weighted by Crippen LogP contribution is 2.39. The van der Waals surface area contributed by atoms with Gasteiger partial charge in [-0.1, -0.05) is 24.3 Å². The van der Waals surface area contributed by atoms with Gasteiger partial charge >= 0.3 is 0 Å². The summed E-state index contributed by atoms with van der Waals surface area (Å²) in [4.78, 5) is 25.1. The molecule has 3 aliphatic heterocycles. The Morgan fingerprint density at radius 2 is 2.00 bits per heavy atom. The van der Waals surface area contributed by atoms with E-state index in [0.29, 0.717) is 31.2 Å². The van der Waals surface area contributed by atoms with Crippen LogP contribution in [0.3, 0.4) is 0 Å². The van der Waals surface area contributed by atoms with E-state index in [-0.39, 0.29) is 5.91 Å². The molecule has 7 rings (SSSR count). The summed E-state index contributed by atoms with van der Waals surface area (Å²) in [5.74, 6) is 1.98. The smallest absolute Gasteiger partial charge is 0.254 e.